The van der Waals surface area contributed by atoms with Gasteiger partial charge in [0.05, 0.1) is 12.6 Å². The van der Waals surface area contributed by atoms with Crippen LogP contribution in [-0.2, 0) is 11.3 Å². The Balaban J connectivity index is 1.44. The monoisotopic (exact) mass is 662 g/mol. The molecule has 1 unspecified atom stereocenters. The van der Waals surface area contributed by atoms with Crippen molar-refractivity contribution >= 4 is 11.8 Å². The number of oxazole rings is 1. The number of rotatable bonds is 13. The smallest absolute Gasteiger partial charge is 0.387 e. The highest BCUT2D eigenvalue weighted by Gasteiger charge is 2.31. The van der Waals surface area contributed by atoms with Gasteiger partial charge in [0.2, 0.25) is 11.8 Å². The lowest BCUT2D eigenvalue weighted by Gasteiger charge is -2.19. The molecular formula is C32H28F6N4O5. The van der Waals surface area contributed by atoms with E-state index in [0.717, 1.165) is 37.1 Å². The minimum atomic E-state index is -3.11. The molecule has 2 amide bonds. The third-order valence-electron chi connectivity index (χ3n) is 7.14. The molecule has 3 aromatic carbocycles. The van der Waals surface area contributed by atoms with Crippen LogP contribution < -0.4 is 25.8 Å². The molecule has 0 aliphatic heterocycles. The fourth-order valence-corrected chi connectivity index (χ4v) is 4.54. The van der Waals surface area contributed by atoms with Crippen molar-refractivity contribution in [2.45, 2.75) is 45.0 Å². The van der Waals surface area contributed by atoms with E-state index in [2.05, 4.69) is 20.4 Å². The maximum Gasteiger partial charge on any atom is 0.387 e. The first-order valence-electron chi connectivity index (χ1n) is 14.4. The number of alkyl halides is 2. The highest BCUT2D eigenvalue weighted by Crippen LogP contribution is 2.37. The van der Waals surface area contributed by atoms with Crippen LogP contribution in [0, 0.1) is 29.2 Å². The number of halogens is 6. The SMILES string of the molecule is C[C@H](N)c1oc(-c2ccc(OC(F)F)c(OCC3CC3)c2)nc1C(=O)NC(C(=O)NCc1ccc(F)cc1F)c1ccc(F)cc1F. The van der Waals surface area contributed by atoms with E-state index in [9.17, 15) is 35.9 Å². The van der Waals surface area contributed by atoms with Gasteiger partial charge in [-0.05, 0) is 56.0 Å². The number of benzene rings is 3. The van der Waals surface area contributed by atoms with Gasteiger partial charge in [-0.25, -0.2) is 22.5 Å². The van der Waals surface area contributed by atoms with E-state index >= 15 is 0 Å². The van der Waals surface area contributed by atoms with E-state index in [0.29, 0.717) is 12.1 Å². The van der Waals surface area contributed by atoms with Crippen LogP contribution in [0.25, 0.3) is 11.5 Å². The van der Waals surface area contributed by atoms with Gasteiger partial charge in [-0.15, -0.1) is 0 Å². The van der Waals surface area contributed by atoms with Gasteiger partial charge >= 0.3 is 6.61 Å². The quantitative estimate of drug-likeness (QED) is 0.148. The summed E-state index contributed by atoms with van der Waals surface area (Å²) in [5, 5.41) is 4.69. The minimum absolute atomic E-state index is 0.0117. The zero-order valence-corrected chi connectivity index (χ0v) is 24.7. The maximum absolute atomic E-state index is 14.9. The molecule has 1 aliphatic rings. The van der Waals surface area contributed by atoms with Crippen LogP contribution in [0.4, 0.5) is 26.3 Å². The molecule has 0 radical (unpaired) electrons. The van der Waals surface area contributed by atoms with Gasteiger partial charge in [-0.1, -0.05) is 12.1 Å². The molecule has 1 heterocycles. The number of amides is 2. The molecule has 1 aliphatic carbocycles. The molecule has 5 rings (SSSR count). The standard InChI is InChI=1S/C32H28F6N4O5/c1-15(39)28-27(42-31(47-28)17-5-9-24(46-32(37)38)25(10-17)45-14-16-2-3-16)30(44)41-26(21-8-7-20(34)12-23(21)36)29(43)40-13-18-4-6-19(33)11-22(18)35/h4-12,15-16,26,32H,2-3,13-14,39H2,1H3,(H,40,43)(H,41,44)/t15-,26?/m0/s1. The highest BCUT2D eigenvalue weighted by molar-refractivity contribution is 5.97. The average Bonchev–Trinajstić information content (AvgIpc) is 3.73. The van der Waals surface area contributed by atoms with E-state index < -0.39 is 71.6 Å². The molecule has 47 heavy (non-hydrogen) atoms. The van der Waals surface area contributed by atoms with Crippen LogP contribution in [0.5, 0.6) is 11.5 Å². The summed E-state index contributed by atoms with van der Waals surface area (Å²) >= 11 is 0. The summed E-state index contributed by atoms with van der Waals surface area (Å²) in [5.41, 5.74) is 5.31. The van der Waals surface area contributed by atoms with Gasteiger partial charge < -0.3 is 30.3 Å². The first-order chi connectivity index (χ1) is 22.4. The van der Waals surface area contributed by atoms with Crippen molar-refractivity contribution in [3.8, 4) is 23.0 Å². The van der Waals surface area contributed by atoms with E-state index in [4.69, 9.17) is 14.9 Å². The van der Waals surface area contributed by atoms with Gasteiger partial charge in [0.25, 0.3) is 5.91 Å². The van der Waals surface area contributed by atoms with Crippen LogP contribution in [0.2, 0.25) is 0 Å². The topological polar surface area (TPSA) is 129 Å². The number of carbonyl (C=O) groups is 2. The Morgan fingerprint density at radius 2 is 1.68 bits per heavy atom. The first-order valence-corrected chi connectivity index (χ1v) is 14.4. The Kier molecular flexibility index (Phi) is 10.0. The second-order valence-corrected chi connectivity index (χ2v) is 10.8. The van der Waals surface area contributed by atoms with Crippen molar-refractivity contribution in [1.82, 2.24) is 15.6 Å². The molecule has 4 aromatic rings. The molecule has 0 spiro atoms. The molecular weight excluding hydrogens is 634 g/mol. The third kappa shape index (κ3) is 8.22. The lowest BCUT2D eigenvalue weighted by Crippen LogP contribution is -2.41. The molecule has 9 nitrogen and oxygen atoms in total. The molecule has 248 valence electrons. The van der Waals surface area contributed by atoms with Crippen LogP contribution >= 0.6 is 0 Å². The van der Waals surface area contributed by atoms with Crippen LogP contribution in [0.1, 0.15) is 59.2 Å². The number of hydrogen-bond acceptors (Lipinski definition) is 7. The number of aromatic nitrogens is 1. The second kappa shape index (κ2) is 14.2. The fourth-order valence-electron chi connectivity index (χ4n) is 4.54. The lowest BCUT2D eigenvalue weighted by atomic mass is 10.0. The molecule has 4 N–H and O–H groups in total. The second-order valence-electron chi connectivity index (χ2n) is 10.8. The number of nitrogens with one attached hydrogen (secondary N) is 2. The van der Waals surface area contributed by atoms with Crippen LogP contribution in [-0.4, -0.2) is 30.0 Å². The molecule has 1 fully saturated rings. The van der Waals surface area contributed by atoms with E-state index in [1.807, 2.05) is 0 Å². The Morgan fingerprint density at radius 3 is 2.32 bits per heavy atom. The Morgan fingerprint density at radius 1 is 0.979 bits per heavy atom. The Bertz CT molecular complexity index is 1780. The average molecular weight is 663 g/mol. The van der Waals surface area contributed by atoms with E-state index in [1.165, 1.54) is 25.1 Å². The van der Waals surface area contributed by atoms with Crippen molar-refractivity contribution in [1.29, 1.82) is 0 Å². The van der Waals surface area contributed by atoms with Crippen LogP contribution in [0.3, 0.4) is 0 Å². The number of hydrogen-bond donors (Lipinski definition) is 3. The van der Waals surface area contributed by atoms with Gasteiger partial charge in [-0.2, -0.15) is 8.78 Å². The molecule has 2 atom stereocenters. The summed E-state index contributed by atoms with van der Waals surface area (Å²) in [5.74, 6) is -6.24. The van der Waals surface area contributed by atoms with Crippen molar-refractivity contribution in [3.63, 3.8) is 0 Å². The Hall–Kier alpha value is -5.05. The number of nitrogens with two attached hydrogens (primary N) is 1. The maximum atomic E-state index is 14.9. The van der Waals surface area contributed by atoms with Crippen molar-refractivity contribution in [3.05, 3.63) is 100 Å². The summed E-state index contributed by atoms with van der Waals surface area (Å²) in [6, 6.07) is 6.20. The number of ether oxygens (including phenoxy) is 2. The zero-order valence-electron chi connectivity index (χ0n) is 24.7. The van der Waals surface area contributed by atoms with E-state index in [1.54, 1.807) is 0 Å². The van der Waals surface area contributed by atoms with Gasteiger partial charge in [0.1, 0.15) is 29.3 Å². The summed E-state index contributed by atoms with van der Waals surface area (Å²) in [6.45, 7) is -1.83. The normalized spacial score (nSPS) is 14.1. The fraction of sp³-hybridized carbons (Fsp3) is 0.281. The van der Waals surface area contributed by atoms with Crippen molar-refractivity contribution in [2.75, 3.05) is 6.61 Å². The molecule has 0 saturated heterocycles. The van der Waals surface area contributed by atoms with Gasteiger partial charge in [0.15, 0.2) is 23.0 Å². The molecule has 1 saturated carbocycles. The summed E-state index contributed by atoms with van der Waals surface area (Å²) in [4.78, 5) is 31.1. The highest BCUT2D eigenvalue weighted by atomic mass is 19.3. The largest absolute Gasteiger partial charge is 0.489 e. The molecule has 0 bridgehead atoms. The predicted octanol–water partition coefficient (Wildman–Crippen LogP) is 6.10. The first kappa shape index (κ1) is 33.3. The number of carbonyl (C=O) groups excluding carboxylic acids is 2. The zero-order chi connectivity index (χ0) is 33.8. The van der Waals surface area contributed by atoms with Gasteiger partial charge in [-0.3, -0.25) is 9.59 Å². The Labute approximate surface area is 264 Å². The predicted molar refractivity (Wildman–Crippen MR) is 154 cm³/mol. The lowest BCUT2D eigenvalue weighted by molar-refractivity contribution is -0.123. The van der Waals surface area contributed by atoms with E-state index in [-0.39, 0.29) is 46.8 Å². The molecule has 1 aromatic heterocycles. The van der Waals surface area contributed by atoms with Crippen LogP contribution in [0.15, 0.2) is 59.0 Å². The third-order valence-corrected chi connectivity index (χ3v) is 7.14. The minimum Gasteiger partial charge on any atom is -0.489 e. The summed E-state index contributed by atoms with van der Waals surface area (Å²) < 4.78 is 98.1. The summed E-state index contributed by atoms with van der Waals surface area (Å²) in [6.07, 6.45) is 1.87. The van der Waals surface area contributed by atoms with Crippen molar-refractivity contribution in [2.24, 2.45) is 11.7 Å². The van der Waals surface area contributed by atoms with Crippen molar-refractivity contribution < 1.29 is 49.8 Å². The summed E-state index contributed by atoms with van der Waals surface area (Å²) in [7, 11) is 0. The molecule has 15 heteroatoms. The van der Waals surface area contributed by atoms with Gasteiger partial charge in [0, 0.05) is 35.4 Å². The number of nitrogens with zero attached hydrogens (tertiary/aromatic N) is 1.